The van der Waals surface area contributed by atoms with Gasteiger partial charge in [0.05, 0.1) is 16.8 Å². The van der Waals surface area contributed by atoms with E-state index < -0.39 is 23.4 Å². The molecule has 1 fully saturated rings. The molecule has 0 spiro atoms. The quantitative estimate of drug-likeness (QED) is 0.542. The molecule has 2 heterocycles. The second kappa shape index (κ2) is 8.42. The largest absolute Gasteiger partial charge is 0.456 e. The molecule has 0 saturated carbocycles. The lowest BCUT2D eigenvalue weighted by molar-refractivity contribution is -0.137. The molecule has 0 N–H and O–H groups in total. The highest BCUT2D eigenvalue weighted by Crippen LogP contribution is 2.51. The van der Waals surface area contributed by atoms with Crippen molar-refractivity contribution in [3.63, 3.8) is 0 Å². The number of nitriles is 1. The van der Waals surface area contributed by atoms with Crippen molar-refractivity contribution in [3.8, 4) is 17.6 Å². The Hall–Kier alpha value is -3.41. The van der Waals surface area contributed by atoms with Crippen LogP contribution in [0.4, 0.5) is 23.7 Å². The lowest BCUT2D eigenvalue weighted by atomic mass is 9.88. The molecule has 180 valence electrons. The van der Waals surface area contributed by atoms with E-state index >= 15 is 0 Å². The van der Waals surface area contributed by atoms with E-state index in [0.29, 0.717) is 18.5 Å². The normalized spacial score (nSPS) is 19.8. The highest BCUT2D eigenvalue weighted by molar-refractivity contribution is 5.72. The number of anilines is 1. The number of rotatable bonds is 2. The van der Waals surface area contributed by atoms with Crippen molar-refractivity contribution in [1.82, 2.24) is 4.90 Å². The summed E-state index contributed by atoms with van der Waals surface area (Å²) in [6.07, 6.45) is -4.57. The average Bonchev–Trinajstić information content (AvgIpc) is 3.03. The number of benzene rings is 2. The molecule has 2 atom stereocenters. The van der Waals surface area contributed by atoms with E-state index in [9.17, 15) is 23.2 Å². The third-order valence-electron chi connectivity index (χ3n) is 6.13. The van der Waals surface area contributed by atoms with Gasteiger partial charge in [0.15, 0.2) is 0 Å². The Labute approximate surface area is 196 Å². The Morgan fingerprint density at radius 2 is 1.88 bits per heavy atom. The molecule has 2 aliphatic rings. The summed E-state index contributed by atoms with van der Waals surface area (Å²) in [5.41, 5.74) is -0.665. The summed E-state index contributed by atoms with van der Waals surface area (Å²) >= 11 is 0. The van der Waals surface area contributed by atoms with Gasteiger partial charge in [-0.2, -0.15) is 18.4 Å². The molecule has 34 heavy (non-hydrogen) atoms. The van der Waals surface area contributed by atoms with Gasteiger partial charge >= 0.3 is 12.3 Å². The number of alkyl halides is 3. The van der Waals surface area contributed by atoms with E-state index in [-0.39, 0.29) is 41.3 Å². The van der Waals surface area contributed by atoms with Crippen LogP contribution in [0.5, 0.6) is 11.5 Å². The maximum absolute atomic E-state index is 14.1. The van der Waals surface area contributed by atoms with Gasteiger partial charge in [-0.3, -0.25) is 0 Å². The van der Waals surface area contributed by atoms with E-state index in [0.717, 1.165) is 6.07 Å². The first-order valence-electron chi connectivity index (χ1n) is 11.0. The second-order valence-electron chi connectivity index (χ2n) is 9.62. The minimum Gasteiger partial charge on any atom is -0.456 e. The molecule has 1 saturated heterocycles. The van der Waals surface area contributed by atoms with Crippen molar-refractivity contribution in [2.24, 2.45) is 0 Å². The van der Waals surface area contributed by atoms with Crippen LogP contribution in [0.2, 0.25) is 0 Å². The van der Waals surface area contributed by atoms with E-state index in [2.05, 4.69) is 0 Å². The molecule has 2 aromatic carbocycles. The molecule has 4 rings (SSSR count). The molecule has 0 radical (unpaired) electrons. The number of piperidine rings is 1. The number of hydrogen-bond acceptors (Lipinski definition) is 5. The van der Waals surface area contributed by atoms with Crippen molar-refractivity contribution < 1.29 is 27.4 Å². The third-order valence-corrected chi connectivity index (χ3v) is 6.13. The topological polar surface area (TPSA) is 65.8 Å². The molecule has 2 unspecified atom stereocenters. The van der Waals surface area contributed by atoms with Gasteiger partial charge in [0.2, 0.25) is 0 Å². The van der Waals surface area contributed by atoms with E-state index in [1.807, 2.05) is 6.07 Å². The molecule has 0 aromatic heterocycles. The first-order valence-corrected chi connectivity index (χ1v) is 11.0. The van der Waals surface area contributed by atoms with Crippen molar-refractivity contribution in [2.75, 3.05) is 25.0 Å². The summed E-state index contributed by atoms with van der Waals surface area (Å²) in [4.78, 5) is 15.9. The maximum Gasteiger partial charge on any atom is 0.418 e. The van der Waals surface area contributed by atoms with Gasteiger partial charge < -0.3 is 19.3 Å². The lowest BCUT2D eigenvalue weighted by Gasteiger charge is -2.38. The van der Waals surface area contributed by atoms with Gasteiger partial charge in [-0.25, -0.2) is 4.79 Å². The summed E-state index contributed by atoms with van der Waals surface area (Å²) in [7, 11) is 1.66. The summed E-state index contributed by atoms with van der Waals surface area (Å²) in [6, 6.07) is 10.8. The molecule has 9 heteroatoms. The predicted octanol–water partition coefficient (Wildman–Crippen LogP) is 5.91. The fraction of sp³-hybridized carbons (Fsp3) is 0.440. The Bertz CT molecular complexity index is 1150. The molecule has 2 aliphatic heterocycles. The number of nitrogens with zero attached hydrogens (tertiary/aromatic N) is 3. The van der Waals surface area contributed by atoms with E-state index in [1.165, 1.54) is 6.07 Å². The monoisotopic (exact) mass is 473 g/mol. The number of likely N-dealkylation sites (N-methyl/N-ethyl adjacent to an activating group) is 1. The number of fused-ring (bicyclic) bond motifs is 3. The zero-order chi connectivity index (χ0) is 24.8. The SMILES string of the molecule is CN1c2c(cc(Oc3ccccc3C#N)cc2C(F)(F)F)C2CN(C(=O)OC(C)(C)C)CCC21. The van der Waals surface area contributed by atoms with Crippen molar-refractivity contribution in [3.05, 3.63) is 53.1 Å². The van der Waals surface area contributed by atoms with Gasteiger partial charge in [0, 0.05) is 32.1 Å². The summed E-state index contributed by atoms with van der Waals surface area (Å²) in [5, 5.41) is 9.32. The number of ether oxygens (including phenoxy) is 2. The number of carbonyl (C=O) groups excluding carboxylic acids is 1. The first kappa shape index (κ1) is 23.7. The van der Waals surface area contributed by atoms with Crippen LogP contribution in [0.1, 0.15) is 49.8 Å². The van der Waals surface area contributed by atoms with Crippen LogP contribution >= 0.6 is 0 Å². The molecule has 0 bridgehead atoms. The molecule has 1 amide bonds. The van der Waals surface area contributed by atoms with Crippen LogP contribution in [0.3, 0.4) is 0 Å². The lowest BCUT2D eigenvalue weighted by Crippen LogP contribution is -2.48. The zero-order valence-electron chi connectivity index (χ0n) is 19.4. The number of amides is 1. The van der Waals surface area contributed by atoms with Crippen LogP contribution in [-0.4, -0.2) is 42.8 Å². The molecular weight excluding hydrogens is 447 g/mol. The van der Waals surface area contributed by atoms with Gasteiger partial charge in [-0.05, 0) is 57.0 Å². The molecular formula is C25H26F3N3O3. The smallest absolute Gasteiger partial charge is 0.418 e. The van der Waals surface area contributed by atoms with E-state index in [1.54, 1.807) is 61.9 Å². The predicted molar refractivity (Wildman–Crippen MR) is 120 cm³/mol. The van der Waals surface area contributed by atoms with Gasteiger partial charge in [0.25, 0.3) is 0 Å². The summed E-state index contributed by atoms with van der Waals surface area (Å²) in [6.45, 7) is 5.96. The minimum absolute atomic E-state index is 0.00258. The Balaban J connectivity index is 1.74. The fourth-order valence-corrected chi connectivity index (χ4v) is 4.72. The maximum atomic E-state index is 14.1. The third kappa shape index (κ3) is 4.49. The summed E-state index contributed by atoms with van der Waals surface area (Å²) < 4.78 is 53.6. The van der Waals surface area contributed by atoms with Crippen molar-refractivity contribution >= 4 is 11.8 Å². The minimum atomic E-state index is -4.61. The number of para-hydroxylation sites is 1. The second-order valence-corrected chi connectivity index (χ2v) is 9.62. The van der Waals surface area contributed by atoms with Crippen LogP contribution in [0, 0.1) is 11.3 Å². The average molecular weight is 473 g/mol. The van der Waals surface area contributed by atoms with Crippen LogP contribution in [-0.2, 0) is 10.9 Å². The summed E-state index contributed by atoms with van der Waals surface area (Å²) in [5.74, 6) is -0.158. The Morgan fingerprint density at radius 1 is 1.18 bits per heavy atom. The Morgan fingerprint density at radius 3 is 2.53 bits per heavy atom. The molecule has 0 aliphatic carbocycles. The van der Waals surface area contributed by atoms with Gasteiger partial charge in [-0.1, -0.05) is 12.1 Å². The highest BCUT2D eigenvalue weighted by Gasteiger charge is 2.47. The van der Waals surface area contributed by atoms with Crippen molar-refractivity contribution in [2.45, 2.75) is 50.9 Å². The number of hydrogen-bond donors (Lipinski definition) is 0. The number of halogens is 3. The highest BCUT2D eigenvalue weighted by atomic mass is 19.4. The molecule has 2 aromatic rings. The number of carbonyl (C=O) groups is 1. The van der Waals surface area contributed by atoms with Crippen LogP contribution < -0.4 is 9.64 Å². The van der Waals surface area contributed by atoms with Crippen LogP contribution in [0.15, 0.2) is 36.4 Å². The standard InChI is InChI=1S/C25H26F3N3O3/c1-24(2,3)34-23(32)31-10-9-20-18(14-31)17-11-16(33-21-8-6-5-7-15(21)13-29)12-19(25(26,27)28)22(17)30(20)4/h5-8,11-12,18,20H,9-10,14H2,1-4H3. The van der Waals surface area contributed by atoms with Crippen LogP contribution in [0.25, 0.3) is 0 Å². The Kier molecular flexibility index (Phi) is 5.88. The zero-order valence-corrected chi connectivity index (χ0v) is 19.4. The first-order chi connectivity index (χ1) is 15.9. The van der Waals surface area contributed by atoms with E-state index in [4.69, 9.17) is 9.47 Å². The fourth-order valence-electron chi connectivity index (χ4n) is 4.72. The van der Waals surface area contributed by atoms with Crippen molar-refractivity contribution in [1.29, 1.82) is 5.26 Å². The van der Waals surface area contributed by atoms with Gasteiger partial charge in [-0.15, -0.1) is 0 Å². The molecule has 6 nitrogen and oxygen atoms in total. The number of likely N-dealkylation sites (tertiary alicyclic amines) is 1. The van der Waals surface area contributed by atoms with Gasteiger partial charge in [0.1, 0.15) is 23.2 Å².